The number of rotatable bonds is 5. The van der Waals surface area contributed by atoms with Crippen LogP contribution < -0.4 is 9.64 Å². The average molecular weight is 488 g/mol. The van der Waals surface area contributed by atoms with Crippen LogP contribution in [0.1, 0.15) is 31.0 Å². The van der Waals surface area contributed by atoms with Crippen LogP contribution in [0, 0.1) is 0 Å². The SMILES string of the molecule is CC(C)Oc1ccc(C2/C(=C(\O)c3ccc(Cl)cc3)C(=O)C(=O)N2c2nc3ccccc3[nH]2)cc1. The Morgan fingerprint density at radius 2 is 1.71 bits per heavy atom. The maximum atomic E-state index is 13.3. The van der Waals surface area contributed by atoms with Crippen LogP contribution in [-0.4, -0.2) is 32.9 Å². The molecule has 0 bridgehead atoms. The van der Waals surface area contributed by atoms with E-state index >= 15 is 0 Å². The molecule has 4 aromatic rings. The van der Waals surface area contributed by atoms with Crippen molar-refractivity contribution in [2.75, 3.05) is 4.90 Å². The molecular weight excluding hydrogens is 466 g/mol. The van der Waals surface area contributed by atoms with Gasteiger partial charge in [-0.2, -0.15) is 0 Å². The van der Waals surface area contributed by atoms with Crippen molar-refractivity contribution in [2.24, 2.45) is 0 Å². The molecule has 1 unspecified atom stereocenters. The highest BCUT2D eigenvalue weighted by Gasteiger charge is 2.48. The van der Waals surface area contributed by atoms with Gasteiger partial charge in [-0.25, -0.2) is 4.98 Å². The number of hydrogen-bond acceptors (Lipinski definition) is 5. The van der Waals surface area contributed by atoms with Crippen LogP contribution in [0.15, 0.2) is 78.4 Å². The van der Waals surface area contributed by atoms with Gasteiger partial charge in [0.25, 0.3) is 5.78 Å². The van der Waals surface area contributed by atoms with E-state index in [2.05, 4.69) is 9.97 Å². The van der Waals surface area contributed by atoms with E-state index in [9.17, 15) is 14.7 Å². The summed E-state index contributed by atoms with van der Waals surface area (Å²) < 4.78 is 5.74. The number of para-hydroxylation sites is 2. The van der Waals surface area contributed by atoms with E-state index < -0.39 is 17.7 Å². The molecule has 7 nitrogen and oxygen atoms in total. The number of carbonyl (C=O) groups excluding carboxylic acids is 2. The Bertz CT molecular complexity index is 1420. The summed E-state index contributed by atoms with van der Waals surface area (Å²) in [4.78, 5) is 35.5. The minimum absolute atomic E-state index is 0.00746. The first kappa shape index (κ1) is 22.7. The first-order valence-corrected chi connectivity index (χ1v) is 11.5. The molecule has 5 rings (SSSR count). The Hall–Kier alpha value is -4.10. The molecule has 1 aliphatic heterocycles. The van der Waals surface area contributed by atoms with E-state index in [4.69, 9.17) is 16.3 Å². The number of fused-ring (bicyclic) bond motifs is 1. The van der Waals surface area contributed by atoms with Gasteiger partial charge in [0.1, 0.15) is 11.5 Å². The second-order valence-corrected chi connectivity index (χ2v) is 8.93. The Kier molecular flexibility index (Phi) is 5.78. The van der Waals surface area contributed by atoms with E-state index in [-0.39, 0.29) is 23.4 Å². The number of anilines is 1. The molecule has 0 saturated carbocycles. The number of ether oxygens (including phenoxy) is 1. The van der Waals surface area contributed by atoms with Crippen LogP contribution >= 0.6 is 11.6 Å². The van der Waals surface area contributed by atoms with Crippen LogP contribution in [0.3, 0.4) is 0 Å². The summed E-state index contributed by atoms with van der Waals surface area (Å²) in [7, 11) is 0. The van der Waals surface area contributed by atoms with Gasteiger partial charge in [0, 0.05) is 10.6 Å². The van der Waals surface area contributed by atoms with Crippen LogP contribution in [0.25, 0.3) is 16.8 Å². The molecule has 1 atom stereocenters. The lowest BCUT2D eigenvalue weighted by Crippen LogP contribution is -2.30. The molecule has 1 aromatic heterocycles. The Morgan fingerprint density at radius 3 is 2.37 bits per heavy atom. The lowest BCUT2D eigenvalue weighted by molar-refractivity contribution is -0.132. The van der Waals surface area contributed by atoms with Gasteiger partial charge in [-0.05, 0) is 67.9 Å². The number of aliphatic hydroxyl groups is 1. The molecule has 1 fully saturated rings. The third-order valence-corrected chi connectivity index (χ3v) is 5.99. The molecular formula is C27H22ClN3O4. The molecule has 8 heteroatoms. The van der Waals surface area contributed by atoms with Crippen molar-refractivity contribution in [1.29, 1.82) is 0 Å². The Morgan fingerprint density at radius 1 is 1.03 bits per heavy atom. The minimum atomic E-state index is -0.903. The fourth-order valence-corrected chi connectivity index (χ4v) is 4.31. The van der Waals surface area contributed by atoms with Crippen LogP contribution in [-0.2, 0) is 9.59 Å². The van der Waals surface area contributed by atoms with Crippen LogP contribution in [0.5, 0.6) is 5.75 Å². The third kappa shape index (κ3) is 4.15. The van der Waals surface area contributed by atoms with E-state index in [1.165, 1.54) is 4.90 Å². The molecule has 3 aromatic carbocycles. The van der Waals surface area contributed by atoms with Gasteiger partial charge in [0.05, 0.1) is 28.8 Å². The average Bonchev–Trinajstić information content (AvgIpc) is 3.38. The fraction of sp³-hybridized carbons (Fsp3) is 0.148. The summed E-state index contributed by atoms with van der Waals surface area (Å²) in [6, 6.07) is 20.0. The zero-order valence-corrected chi connectivity index (χ0v) is 19.8. The summed E-state index contributed by atoms with van der Waals surface area (Å²) in [6.07, 6.45) is -0.00746. The second-order valence-electron chi connectivity index (χ2n) is 8.49. The summed E-state index contributed by atoms with van der Waals surface area (Å²) in [5.74, 6) is -0.998. The molecule has 0 spiro atoms. The van der Waals surface area contributed by atoms with E-state index in [1.807, 2.05) is 38.1 Å². The van der Waals surface area contributed by atoms with Crippen LogP contribution in [0.4, 0.5) is 5.95 Å². The van der Waals surface area contributed by atoms with Crippen molar-refractivity contribution >= 4 is 46.0 Å². The van der Waals surface area contributed by atoms with Gasteiger partial charge >= 0.3 is 5.91 Å². The second kappa shape index (κ2) is 8.92. The number of nitrogens with zero attached hydrogens (tertiary/aromatic N) is 2. The van der Waals surface area contributed by atoms with Gasteiger partial charge in [0.15, 0.2) is 0 Å². The van der Waals surface area contributed by atoms with Gasteiger partial charge < -0.3 is 14.8 Å². The number of Topliss-reactive ketones (excluding diaryl/α,β-unsaturated/α-hetero) is 1. The predicted octanol–water partition coefficient (Wildman–Crippen LogP) is 5.63. The number of ketones is 1. The number of carbonyl (C=O) groups is 2. The zero-order chi connectivity index (χ0) is 24.7. The maximum Gasteiger partial charge on any atom is 0.302 e. The number of aromatic nitrogens is 2. The Labute approximate surface area is 206 Å². The summed E-state index contributed by atoms with van der Waals surface area (Å²) in [5.41, 5.74) is 2.34. The number of aliphatic hydroxyl groups excluding tert-OH is 1. The molecule has 0 aliphatic carbocycles. The molecule has 1 amide bonds. The number of nitrogens with one attached hydrogen (secondary N) is 1. The van der Waals surface area contributed by atoms with Gasteiger partial charge in [-0.15, -0.1) is 0 Å². The number of benzene rings is 3. The van der Waals surface area contributed by atoms with Crippen LogP contribution in [0.2, 0.25) is 5.02 Å². The van der Waals surface area contributed by atoms with Crippen molar-refractivity contribution in [3.05, 3.63) is 94.5 Å². The lowest BCUT2D eigenvalue weighted by atomic mass is 9.95. The minimum Gasteiger partial charge on any atom is -0.507 e. The molecule has 1 aliphatic rings. The number of H-pyrrole nitrogens is 1. The smallest absolute Gasteiger partial charge is 0.302 e. The van der Waals surface area contributed by atoms with Crippen molar-refractivity contribution in [3.8, 4) is 5.75 Å². The van der Waals surface area contributed by atoms with E-state index in [1.54, 1.807) is 48.5 Å². The first-order valence-electron chi connectivity index (χ1n) is 11.1. The monoisotopic (exact) mass is 487 g/mol. The number of halogens is 1. The molecule has 2 heterocycles. The molecule has 35 heavy (non-hydrogen) atoms. The summed E-state index contributed by atoms with van der Waals surface area (Å²) in [5, 5.41) is 11.7. The lowest BCUT2D eigenvalue weighted by Gasteiger charge is -2.23. The quantitative estimate of drug-likeness (QED) is 0.216. The van der Waals surface area contributed by atoms with E-state index in [0.717, 1.165) is 5.52 Å². The molecule has 176 valence electrons. The highest BCUT2D eigenvalue weighted by Crippen LogP contribution is 2.42. The highest BCUT2D eigenvalue weighted by molar-refractivity contribution is 6.51. The fourth-order valence-electron chi connectivity index (χ4n) is 4.18. The van der Waals surface area contributed by atoms with Gasteiger partial charge in [-0.1, -0.05) is 35.9 Å². The number of amides is 1. The largest absolute Gasteiger partial charge is 0.507 e. The summed E-state index contributed by atoms with van der Waals surface area (Å²) >= 11 is 5.99. The molecule has 0 radical (unpaired) electrons. The zero-order valence-electron chi connectivity index (χ0n) is 19.0. The maximum absolute atomic E-state index is 13.3. The van der Waals surface area contributed by atoms with Gasteiger partial charge in [0.2, 0.25) is 5.95 Å². The van der Waals surface area contributed by atoms with Crippen molar-refractivity contribution in [2.45, 2.75) is 26.0 Å². The molecule has 2 N–H and O–H groups in total. The normalized spacial score (nSPS) is 17.5. The Balaban J connectivity index is 1.68. The number of hydrogen-bond donors (Lipinski definition) is 2. The molecule has 1 saturated heterocycles. The van der Waals surface area contributed by atoms with Crippen molar-refractivity contribution in [3.63, 3.8) is 0 Å². The van der Waals surface area contributed by atoms with Crippen molar-refractivity contribution < 1.29 is 19.4 Å². The predicted molar refractivity (Wildman–Crippen MR) is 135 cm³/mol. The van der Waals surface area contributed by atoms with Crippen molar-refractivity contribution in [1.82, 2.24) is 9.97 Å². The van der Waals surface area contributed by atoms with E-state index in [0.29, 0.717) is 27.4 Å². The first-order chi connectivity index (χ1) is 16.8. The highest BCUT2D eigenvalue weighted by atomic mass is 35.5. The van der Waals surface area contributed by atoms with Gasteiger partial charge in [-0.3, -0.25) is 14.5 Å². The summed E-state index contributed by atoms with van der Waals surface area (Å²) in [6.45, 7) is 3.85. The number of aromatic amines is 1. The number of imidazole rings is 1. The third-order valence-electron chi connectivity index (χ3n) is 5.73. The topological polar surface area (TPSA) is 95.5 Å². The standard InChI is InChI=1S/C27H22ClN3O4/c1-15(2)35-19-13-9-16(10-14-19)23-22(24(32)17-7-11-18(28)12-8-17)25(33)26(34)31(23)27-29-20-5-3-4-6-21(20)30-27/h3-15,23,32H,1-2H3,(H,29,30)/b24-22+.